The van der Waals surface area contributed by atoms with Crippen LogP contribution in [-0.2, 0) is 0 Å². The first-order chi connectivity index (χ1) is 6.90. The van der Waals surface area contributed by atoms with Crippen molar-refractivity contribution in [3.05, 3.63) is 30.1 Å². The molecule has 0 aliphatic rings. The van der Waals surface area contributed by atoms with E-state index in [2.05, 4.69) is 21.8 Å². The van der Waals surface area contributed by atoms with Crippen LogP contribution in [0.5, 0.6) is 0 Å². The van der Waals surface area contributed by atoms with Crippen LogP contribution in [0.25, 0.3) is 11.0 Å². The van der Waals surface area contributed by atoms with Crippen LogP contribution in [0.3, 0.4) is 0 Å². The van der Waals surface area contributed by atoms with E-state index in [0.29, 0.717) is 12.3 Å². The lowest BCUT2D eigenvalue weighted by molar-refractivity contribution is 1.28. The molecule has 2 aromatic rings. The monoisotopic (exact) mass is 204 g/mol. The average Bonchev–Trinajstić information content (AvgIpc) is 2.65. The molecule has 0 spiro atoms. The summed E-state index contributed by atoms with van der Waals surface area (Å²) in [7, 11) is 0. The Morgan fingerprint density at radius 1 is 1.50 bits per heavy atom. The van der Waals surface area contributed by atoms with Gasteiger partial charge in [-0.25, -0.2) is 4.98 Å². The highest BCUT2D eigenvalue weighted by atomic mass is 35.5. The number of hydrogen-bond acceptors (Lipinski definition) is 1. The van der Waals surface area contributed by atoms with Crippen molar-refractivity contribution in [1.82, 2.24) is 9.97 Å². The van der Waals surface area contributed by atoms with E-state index in [-0.39, 0.29) is 0 Å². The molecule has 2 rings (SSSR count). The second-order valence-corrected chi connectivity index (χ2v) is 3.26. The smallest absolute Gasteiger partial charge is 0.137 e. The van der Waals surface area contributed by atoms with Gasteiger partial charge in [0.05, 0.1) is 0 Å². The summed E-state index contributed by atoms with van der Waals surface area (Å²) in [6.45, 7) is 0. The van der Waals surface area contributed by atoms with Crippen molar-refractivity contribution in [2.24, 2.45) is 0 Å². The van der Waals surface area contributed by atoms with Gasteiger partial charge in [-0.2, -0.15) is 0 Å². The molecule has 2 aromatic heterocycles. The summed E-state index contributed by atoms with van der Waals surface area (Å²) < 4.78 is 0. The van der Waals surface area contributed by atoms with Crippen molar-refractivity contribution in [2.45, 2.75) is 6.42 Å². The number of H-pyrrole nitrogens is 1. The molecular formula is C11H9ClN2. The van der Waals surface area contributed by atoms with Crippen molar-refractivity contribution < 1.29 is 0 Å². The van der Waals surface area contributed by atoms with Gasteiger partial charge in [-0.1, -0.05) is 11.8 Å². The van der Waals surface area contributed by atoms with Crippen molar-refractivity contribution in [1.29, 1.82) is 0 Å². The minimum absolute atomic E-state index is 0.576. The summed E-state index contributed by atoms with van der Waals surface area (Å²) in [6.07, 6.45) is 4.35. The fourth-order valence-electron chi connectivity index (χ4n) is 1.22. The number of nitrogens with one attached hydrogen (secondary N) is 1. The molecule has 2 heterocycles. The Labute approximate surface area is 87.3 Å². The van der Waals surface area contributed by atoms with Crippen LogP contribution >= 0.6 is 11.6 Å². The minimum atomic E-state index is 0.576. The number of pyridine rings is 1. The molecular weight excluding hydrogens is 196 g/mol. The Hall–Kier alpha value is -1.46. The highest BCUT2D eigenvalue weighted by molar-refractivity contribution is 6.18. The summed E-state index contributed by atoms with van der Waals surface area (Å²) in [6, 6.07) is 4.00. The molecule has 0 aliphatic heterocycles. The molecule has 0 saturated carbocycles. The first kappa shape index (κ1) is 9.11. The molecule has 14 heavy (non-hydrogen) atoms. The number of nitrogens with zero attached hydrogens (tertiary/aromatic N) is 1. The Kier molecular flexibility index (Phi) is 2.71. The van der Waals surface area contributed by atoms with E-state index >= 15 is 0 Å². The van der Waals surface area contributed by atoms with Crippen LogP contribution in [0.1, 0.15) is 12.0 Å². The largest absolute Gasteiger partial charge is 0.346 e. The number of rotatable bonds is 1. The SMILES string of the molecule is ClCCC#Cc1cnc2[nH]ccc2c1. The third-order valence-electron chi connectivity index (χ3n) is 1.85. The molecule has 0 unspecified atom stereocenters. The van der Waals surface area contributed by atoms with Gasteiger partial charge in [0.1, 0.15) is 5.65 Å². The molecule has 1 N–H and O–H groups in total. The molecule has 0 radical (unpaired) electrons. The van der Waals surface area contributed by atoms with Crippen LogP contribution in [0.2, 0.25) is 0 Å². The van der Waals surface area contributed by atoms with Crippen molar-refractivity contribution >= 4 is 22.6 Å². The van der Waals surface area contributed by atoms with Gasteiger partial charge in [-0.05, 0) is 12.1 Å². The number of alkyl halides is 1. The van der Waals surface area contributed by atoms with E-state index in [4.69, 9.17) is 11.6 Å². The highest BCUT2D eigenvalue weighted by Gasteiger charge is 1.94. The molecule has 0 amide bonds. The number of hydrogen-bond donors (Lipinski definition) is 1. The molecule has 0 aliphatic carbocycles. The quantitative estimate of drug-likeness (QED) is 0.561. The summed E-state index contributed by atoms with van der Waals surface area (Å²) in [5, 5.41) is 1.09. The molecule has 3 heteroatoms. The van der Waals surface area contributed by atoms with Crippen LogP contribution in [0.4, 0.5) is 0 Å². The van der Waals surface area contributed by atoms with E-state index in [0.717, 1.165) is 16.6 Å². The predicted octanol–water partition coefficient (Wildman–Crippen LogP) is 2.54. The predicted molar refractivity (Wildman–Crippen MR) is 58.3 cm³/mol. The van der Waals surface area contributed by atoms with Crippen molar-refractivity contribution in [3.8, 4) is 11.8 Å². The number of aromatic nitrogens is 2. The Morgan fingerprint density at radius 3 is 3.29 bits per heavy atom. The third-order valence-corrected chi connectivity index (χ3v) is 2.04. The zero-order valence-corrected chi connectivity index (χ0v) is 8.30. The van der Waals surface area contributed by atoms with Gasteiger partial charge < -0.3 is 4.98 Å². The fourth-order valence-corrected chi connectivity index (χ4v) is 1.31. The van der Waals surface area contributed by atoms with Gasteiger partial charge in [-0.3, -0.25) is 0 Å². The van der Waals surface area contributed by atoms with Gasteiger partial charge in [-0.15, -0.1) is 11.6 Å². The first-order valence-corrected chi connectivity index (χ1v) is 4.91. The summed E-state index contributed by atoms with van der Waals surface area (Å²) in [5.41, 5.74) is 1.83. The molecule has 0 saturated heterocycles. The second-order valence-electron chi connectivity index (χ2n) is 2.88. The van der Waals surface area contributed by atoms with E-state index in [1.54, 1.807) is 6.20 Å². The van der Waals surface area contributed by atoms with Gasteiger partial charge in [0.25, 0.3) is 0 Å². The maximum Gasteiger partial charge on any atom is 0.137 e. The molecule has 2 nitrogen and oxygen atoms in total. The molecule has 0 bridgehead atoms. The summed E-state index contributed by atoms with van der Waals surface area (Å²) in [4.78, 5) is 7.26. The van der Waals surface area contributed by atoms with Gasteiger partial charge >= 0.3 is 0 Å². The second kappa shape index (κ2) is 4.17. The lowest BCUT2D eigenvalue weighted by Crippen LogP contribution is -1.79. The highest BCUT2D eigenvalue weighted by Crippen LogP contribution is 2.10. The van der Waals surface area contributed by atoms with Crippen LogP contribution in [0, 0.1) is 11.8 Å². The maximum absolute atomic E-state index is 5.52. The van der Waals surface area contributed by atoms with Crippen LogP contribution in [0.15, 0.2) is 24.5 Å². The van der Waals surface area contributed by atoms with E-state index in [1.165, 1.54) is 0 Å². The van der Waals surface area contributed by atoms with Gasteiger partial charge in [0.2, 0.25) is 0 Å². The number of aromatic amines is 1. The maximum atomic E-state index is 5.52. The molecule has 0 aromatic carbocycles. The third kappa shape index (κ3) is 1.89. The topological polar surface area (TPSA) is 28.7 Å². The molecule has 0 atom stereocenters. The lowest BCUT2D eigenvalue weighted by Gasteiger charge is -1.90. The van der Waals surface area contributed by atoms with Gasteiger partial charge in [0, 0.05) is 35.6 Å². The minimum Gasteiger partial charge on any atom is -0.346 e. The van der Waals surface area contributed by atoms with E-state index < -0.39 is 0 Å². The molecule has 70 valence electrons. The Balaban J connectivity index is 2.31. The fraction of sp³-hybridized carbons (Fsp3) is 0.182. The van der Waals surface area contributed by atoms with Crippen LogP contribution in [-0.4, -0.2) is 15.8 Å². The lowest BCUT2D eigenvalue weighted by atomic mass is 10.2. The van der Waals surface area contributed by atoms with Gasteiger partial charge in [0.15, 0.2) is 0 Å². The van der Waals surface area contributed by atoms with Crippen molar-refractivity contribution in [2.75, 3.05) is 5.88 Å². The Bertz CT molecular complexity index is 490. The van der Waals surface area contributed by atoms with Crippen molar-refractivity contribution in [3.63, 3.8) is 0 Å². The average molecular weight is 205 g/mol. The molecule has 0 fully saturated rings. The standard InChI is InChI=1S/C11H9ClN2/c12-5-2-1-3-9-7-10-4-6-13-11(10)14-8-9/h4,6-8H,2,5H2,(H,13,14). The zero-order chi connectivity index (χ0) is 9.80. The number of halogens is 1. The summed E-state index contributed by atoms with van der Waals surface area (Å²) in [5.74, 6) is 6.57. The Morgan fingerprint density at radius 2 is 2.43 bits per heavy atom. The number of fused-ring (bicyclic) bond motifs is 1. The van der Waals surface area contributed by atoms with Crippen LogP contribution < -0.4 is 0 Å². The van der Waals surface area contributed by atoms with E-state index in [9.17, 15) is 0 Å². The zero-order valence-electron chi connectivity index (χ0n) is 7.55. The van der Waals surface area contributed by atoms with E-state index in [1.807, 2.05) is 18.3 Å². The first-order valence-electron chi connectivity index (χ1n) is 4.38. The normalized spacial score (nSPS) is 9.79. The summed E-state index contributed by atoms with van der Waals surface area (Å²) >= 11 is 5.52.